The van der Waals surface area contributed by atoms with Gasteiger partial charge in [-0.3, -0.25) is 4.79 Å². The molecule has 0 aliphatic rings. The Kier molecular flexibility index (Phi) is 7.56. The highest BCUT2D eigenvalue weighted by molar-refractivity contribution is 14.1. The van der Waals surface area contributed by atoms with Crippen LogP contribution in [-0.2, 0) is 4.79 Å². The van der Waals surface area contributed by atoms with Gasteiger partial charge in [-0.2, -0.15) is 5.10 Å². The molecule has 0 aliphatic heterocycles. The molecule has 6 nitrogen and oxygen atoms in total. The first-order valence-corrected chi connectivity index (χ1v) is 10.3. The van der Waals surface area contributed by atoms with Crippen LogP contribution in [0.2, 0.25) is 0 Å². The van der Waals surface area contributed by atoms with Crippen LogP contribution in [0.25, 0.3) is 0 Å². The third-order valence-corrected chi connectivity index (χ3v) is 5.03. The smallest absolute Gasteiger partial charge is 0.344 e. The molecule has 2 N–H and O–H groups in total. The maximum absolute atomic E-state index is 12.2. The summed E-state index contributed by atoms with van der Waals surface area (Å²) in [6, 6.07) is 21.9. The summed E-state index contributed by atoms with van der Waals surface area (Å²) in [7, 11) is 0. The van der Waals surface area contributed by atoms with Crippen molar-refractivity contribution in [2.75, 3.05) is 11.9 Å². The van der Waals surface area contributed by atoms with Gasteiger partial charge in [0.1, 0.15) is 5.75 Å². The molecule has 0 spiro atoms. The van der Waals surface area contributed by atoms with E-state index in [0.717, 1.165) is 20.4 Å². The van der Waals surface area contributed by atoms with Gasteiger partial charge in [0.15, 0.2) is 0 Å². The molecule has 3 aromatic carbocycles. The Bertz CT molecular complexity index is 1050. The fraction of sp³-hybridized carbons (Fsp3) is 0.0870. The number of hydrogen-bond acceptors (Lipinski definition) is 5. The van der Waals surface area contributed by atoms with Crippen LogP contribution in [0.1, 0.15) is 21.5 Å². The minimum absolute atomic E-state index is 0.119. The van der Waals surface area contributed by atoms with E-state index in [-0.39, 0.29) is 12.5 Å². The predicted octanol–water partition coefficient (Wildman–Crippen LogP) is 4.38. The van der Waals surface area contributed by atoms with Crippen LogP contribution in [0.5, 0.6) is 5.75 Å². The number of hydrogen-bond donors (Lipinski definition) is 2. The summed E-state index contributed by atoms with van der Waals surface area (Å²) in [6.07, 6.45) is 1.52. The number of benzene rings is 3. The fourth-order valence-corrected chi connectivity index (χ4v) is 3.09. The van der Waals surface area contributed by atoms with E-state index in [1.807, 2.05) is 43.3 Å². The second-order valence-electron chi connectivity index (χ2n) is 6.45. The highest BCUT2D eigenvalue weighted by Gasteiger charge is 2.11. The van der Waals surface area contributed by atoms with Gasteiger partial charge in [0, 0.05) is 9.26 Å². The zero-order valence-corrected chi connectivity index (χ0v) is 18.4. The molecule has 7 heteroatoms. The van der Waals surface area contributed by atoms with Crippen molar-refractivity contribution in [2.45, 2.75) is 6.92 Å². The fourth-order valence-electron chi connectivity index (χ4n) is 2.48. The van der Waals surface area contributed by atoms with Crippen LogP contribution in [0, 0.1) is 10.5 Å². The Morgan fingerprint density at radius 1 is 1.00 bits per heavy atom. The van der Waals surface area contributed by atoms with Gasteiger partial charge in [-0.05, 0) is 83.6 Å². The molecule has 0 saturated carbocycles. The van der Waals surface area contributed by atoms with Crippen LogP contribution in [-0.4, -0.2) is 24.6 Å². The van der Waals surface area contributed by atoms with Gasteiger partial charge in [-0.1, -0.05) is 29.8 Å². The Balaban J connectivity index is 1.47. The molecule has 0 heterocycles. The number of nitrogens with one attached hydrogen (secondary N) is 2. The molecule has 3 rings (SSSR count). The lowest BCUT2D eigenvalue weighted by Gasteiger charge is -2.06. The average Bonchev–Trinajstić information content (AvgIpc) is 2.75. The van der Waals surface area contributed by atoms with E-state index in [1.54, 1.807) is 36.4 Å². The normalized spacial score (nSPS) is 10.6. The van der Waals surface area contributed by atoms with Crippen molar-refractivity contribution in [2.24, 2.45) is 5.10 Å². The van der Waals surface area contributed by atoms with E-state index in [2.05, 4.69) is 38.4 Å². The molecule has 0 saturated heterocycles. The van der Waals surface area contributed by atoms with Crippen molar-refractivity contribution in [3.8, 4) is 5.75 Å². The number of carbonyl (C=O) groups excluding carboxylic acids is 2. The Morgan fingerprint density at radius 2 is 1.70 bits per heavy atom. The predicted molar refractivity (Wildman–Crippen MR) is 126 cm³/mol. The summed E-state index contributed by atoms with van der Waals surface area (Å²) in [5.74, 6) is -0.229. The van der Waals surface area contributed by atoms with Crippen molar-refractivity contribution < 1.29 is 14.3 Å². The second kappa shape index (κ2) is 10.5. The second-order valence-corrected chi connectivity index (χ2v) is 7.61. The summed E-state index contributed by atoms with van der Waals surface area (Å²) in [6.45, 7) is 2.12. The zero-order valence-electron chi connectivity index (χ0n) is 16.3. The summed E-state index contributed by atoms with van der Waals surface area (Å²) < 4.78 is 6.22. The molecule has 0 aromatic heterocycles. The number of halogens is 1. The van der Waals surface area contributed by atoms with Gasteiger partial charge in [0.05, 0.1) is 18.3 Å². The largest absolute Gasteiger partial charge is 0.423 e. The van der Waals surface area contributed by atoms with Crippen LogP contribution in [0.4, 0.5) is 5.69 Å². The highest BCUT2D eigenvalue weighted by atomic mass is 127. The van der Waals surface area contributed by atoms with Crippen molar-refractivity contribution in [3.63, 3.8) is 0 Å². The molecule has 0 fully saturated rings. The Hall–Kier alpha value is -3.20. The molecule has 1 amide bonds. The van der Waals surface area contributed by atoms with Crippen molar-refractivity contribution in [3.05, 3.63) is 93.1 Å². The number of nitrogens with zero attached hydrogens (tertiary/aromatic N) is 1. The molecule has 0 bridgehead atoms. The van der Waals surface area contributed by atoms with Crippen LogP contribution >= 0.6 is 22.6 Å². The van der Waals surface area contributed by atoms with Gasteiger partial charge in [0.2, 0.25) is 0 Å². The number of esters is 1. The number of ether oxygens (including phenoxy) is 1. The standard InChI is InChI=1S/C23H20IN3O3/c1-16-6-10-18(11-7-16)25-15-22(28)27-26-14-17-8-12-19(13-9-17)30-23(29)20-4-2-3-5-21(20)24/h2-14,25H,15H2,1H3,(H,27,28)/b26-14-. The number of amides is 1. The minimum Gasteiger partial charge on any atom is -0.423 e. The summed E-state index contributed by atoms with van der Waals surface area (Å²) in [5.41, 5.74) is 5.78. The van der Waals surface area contributed by atoms with Crippen LogP contribution in [0.15, 0.2) is 77.9 Å². The van der Waals surface area contributed by atoms with E-state index >= 15 is 0 Å². The van der Waals surface area contributed by atoms with Crippen LogP contribution < -0.4 is 15.5 Å². The Morgan fingerprint density at radius 3 is 2.40 bits per heavy atom. The molecule has 3 aromatic rings. The van der Waals surface area contributed by atoms with Gasteiger partial charge in [-0.15, -0.1) is 0 Å². The van der Waals surface area contributed by atoms with Gasteiger partial charge < -0.3 is 10.1 Å². The monoisotopic (exact) mass is 513 g/mol. The van der Waals surface area contributed by atoms with E-state index in [1.165, 1.54) is 6.21 Å². The van der Waals surface area contributed by atoms with Crippen LogP contribution in [0.3, 0.4) is 0 Å². The molecule has 30 heavy (non-hydrogen) atoms. The maximum atomic E-state index is 12.2. The van der Waals surface area contributed by atoms with Gasteiger partial charge in [0.25, 0.3) is 5.91 Å². The van der Waals surface area contributed by atoms with Crippen molar-refractivity contribution in [1.82, 2.24) is 5.43 Å². The molecule has 0 radical (unpaired) electrons. The summed E-state index contributed by atoms with van der Waals surface area (Å²) in [5, 5.41) is 6.97. The lowest BCUT2D eigenvalue weighted by Crippen LogP contribution is -2.25. The topological polar surface area (TPSA) is 79.8 Å². The van der Waals surface area contributed by atoms with E-state index in [9.17, 15) is 9.59 Å². The first-order chi connectivity index (χ1) is 14.5. The zero-order chi connectivity index (χ0) is 21.3. The molecular weight excluding hydrogens is 493 g/mol. The number of carbonyl (C=O) groups is 2. The Labute approximate surface area is 188 Å². The summed E-state index contributed by atoms with van der Waals surface area (Å²) in [4.78, 5) is 24.1. The number of aryl methyl sites for hydroxylation is 1. The molecule has 0 aliphatic carbocycles. The van der Waals surface area contributed by atoms with Crippen molar-refractivity contribution >= 4 is 46.4 Å². The lowest BCUT2D eigenvalue weighted by molar-refractivity contribution is -0.119. The number of anilines is 1. The van der Waals surface area contributed by atoms with E-state index in [4.69, 9.17) is 4.74 Å². The third-order valence-electron chi connectivity index (χ3n) is 4.09. The van der Waals surface area contributed by atoms with Gasteiger partial charge in [-0.25, -0.2) is 10.2 Å². The number of rotatable bonds is 7. The maximum Gasteiger partial charge on any atom is 0.344 e. The minimum atomic E-state index is -0.408. The molecule has 0 unspecified atom stereocenters. The first kappa shape index (κ1) is 21.5. The highest BCUT2D eigenvalue weighted by Crippen LogP contribution is 2.17. The quantitative estimate of drug-likeness (QED) is 0.162. The van der Waals surface area contributed by atoms with Gasteiger partial charge >= 0.3 is 5.97 Å². The molecule has 152 valence electrons. The van der Waals surface area contributed by atoms with Crippen molar-refractivity contribution in [1.29, 1.82) is 0 Å². The van der Waals surface area contributed by atoms with E-state index in [0.29, 0.717) is 11.3 Å². The summed E-state index contributed by atoms with van der Waals surface area (Å²) >= 11 is 2.10. The molecular formula is C23H20IN3O3. The first-order valence-electron chi connectivity index (χ1n) is 9.20. The van der Waals surface area contributed by atoms with E-state index < -0.39 is 5.97 Å². The molecule has 0 atom stereocenters. The lowest BCUT2D eigenvalue weighted by atomic mass is 10.2. The SMILES string of the molecule is Cc1ccc(NCC(=O)N/N=C\c2ccc(OC(=O)c3ccccc3I)cc2)cc1. The third kappa shape index (κ3) is 6.41. The number of hydrazone groups is 1. The average molecular weight is 513 g/mol.